The number of hydrogen-bond donors (Lipinski definition) is 4. The molecule has 0 amide bonds. The summed E-state index contributed by atoms with van der Waals surface area (Å²) in [5.41, 5.74) is -0.942. The number of hydrogen-bond acceptors (Lipinski definition) is 4. The van der Waals surface area contributed by atoms with Crippen LogP contribution < -0.4 is 0 Å². The first-order chi connectivity index (χ1) is 12.4. The molecule has 2 aromatic rings. The molecular formula is C17H12Br4O6. The van der Waals surface area contributed by atoms with Crippen LogP contribution in [0.4, 0.5) is 0 Å². The largest absolute Gasteiger partial charge is 0.508 e. The first-order valence-electron chi connectivity index (χ1n) is 7.25. The summed E-state index contributed by atoms with van der Waals surface area (Å²) in [6.45, 7) is 1.48. The predicted octanol–water partition coefficient (Wildman–Crippen LogP) is 5.24. The Kier molecular flexibility index (Phi) is 6.66. The Hall–Kier alpha value is -1.10. The number of benzene rings is 2. The molecule has 0 spiro atoms. The van der Waals surface area contributed by atoms with Gasteiger partial charge in [0.05, 0.1) is 8.95 Å². The van der Waals surface area contributed by atoms with Crippen molar-refractivity contribution >= 4 is 75.7 Å². The number of rotatable bonds is 5. The highest BCUT2D eigenvalue weighted by Gasteiger charge is 2.50. The number of aromatic hydroxyl groups is 2. The molecule has 144 valence electrons. The molecular weight excluding hydrogens is 620 g/mol. The maximum Gasteiger partial charge on any atom is 0.319 e. The maximum absolute atomic E-state index is 11.9. The number of carboxylic acids is 2. The second-order valence-corrected chi connectivity index (χ2v) is 9.01. The molecule has 0 aromatic heterocycles. The Morgan fingerprint density at radius 1 is 0.852 bits per heavy atom. The first kappa shape index (κ1) is 22.2. The van der Waals surface area contributed by atoms with Gasteiger partial charge in [0.2, 0.25) is 0 Å². The fraction of sp³-hybridized carbons (Fsp3) is 0.176. The van der Waals surface area contributed by atoms with Crippen LogP contribution in [-0.4, -0.2) is 32.4 Å². The summed E-state index contributed by atoms with van der Waals surface area (Å²) in [6, 6.07) is 5.62. The zero-order chi connectivity index (χ0) is 20.7. The van der Waals surface area contributed by atoms with Crippen molar-refractivity contribution in [3.8, 4) is 11.5 Å². The third-order valence-electron chi connectivity index (χ3n) is 4.30. The Balaban J connectivity index is 3.01. The summed E-state index contributed by atoms with van der Waals surface area (Å²) in [6.07, 6.45) is 0. The SMILES string of the molecule is CC(c1ccc(O)cc1)(c1c(Br)c(Br)c(O)c(Br)c1Br)C(C(=O)O)C(=O)O. The van der Waals surface area contributed by atoms with E-state index in [1.807, 2.05) is 0 Å². The molecule has 10 heteroatoms. The zero-order valence-corrected chi connectivity index (χ0v) is 19.8. The van der Waals surface area contributed by atoms with Gasteiger partial charge in [-0.05, 0) is 93.9 Å². The van der Waals surface area contributed by atoms with Gasteiger partial charge in [-0.1, -0.05) is 12.1 Å². The number of phenolic OH excluding ortho intramolecular Hbond substituents is 2. The molecule has 0 saturated heterocycles. The van der Waals surface area contributed by atoms with Gasteiger partial charge in [0, 0.05) is 14.4 Å². The van der Waals surface area contributed by atoms with E-state index in [2.05, 4.69) is 63.7 Å². The van der Waals surface area contributed by atoms with Crippen molar-refractivity contribution in [3.05, 3.63) is 53.3 Å². The summed E-state index contributed by atoms with van der Waals surface area (Å²) in [7, 11) is 0. The molecule has 2 rings (SSSR count). The molecule has 6 nitrogen and oxygen atoms in total. The van der Waals surface area contributed by atoms with Crippen LogP contribution in [0.5, 0.6) is 11.5 Å². The van der Waals surface area contributed by atoms with Crippen LogP contribution in [0.25, 0.3) is 0 Å². The van der Waals surface area contributed by atoms with Crippen LogP contribution in [-0.2, 0) is 15.0 Å². The molecule has 0 saturated carbocycles. The highest BCUT2D eigenvalue weighted by Crippen LogP contribution is 2.53. The van der Waals surface area contributed by atoms with Crippen LogP contribution in [0.2, 0.25) is 0 Å². The van der Waals surface area contributed by atoms with Crippen LogP contribution in [0.15, 0.2) is 42.2 Å². The van der Waals surface area contributed by atoms with Gasteiger partial charge in [-0.2, -0.15) is 0 Å². The van der Waals surface area contributed by atoms with Crippen molar-refractivity contribution in [1.29, 1.82) is 0 Å². The first-order valence-corrected chi connectivity index (χ1v) is 10.4. The molecule has 0 aliphatic carbocycles. The monoisotopic (exact) mass is 628 g/mol. The van der Waals surface area contributed by atoms with Gasteiger partial charge in [0.15, 0.2) is 5.92 Å². The van der Waals surface area contributed by atoms with Crippen LogP contribution >= 0.6 is 63.7 Å². The van der Waals surface area contributed by atoms with E-state index in [0.29, 0.717) is 11.1 Å². The number of aliphatic carboxylic acids is 2. The zero-order valence-electron chi connectivity index (χ0n) is 13.5. The normalized spacial score (nSPS) is 13.4. The third-order valence-corrected chi connectivity index (χ3v) is 8.49. The van der Waals surface area contributed by atoms with Crippen molar-refractivity contribution in [2.24, 2.45) is 5.92 Å². The number of phenols is 2. The van der Waals surface area contributed by atoms with E-state index < -0.39 is 23.3 Å². The van der Waals surface area contributed by atoms with Gasteiger partial charge in [-0.3, -0.25) is 9.59 Å². The minimum Gasteiger partial charge on any atom is -0.508 e. The summed E-state index contributed by atoms with van der Waals surface area (Å²) < 4.78 is 1.04. The van der Waals surface area contributed by atoms with Gasteiger partial charge in [0.1, 0.15) is 11.5 Å². The van der Waals surface area contributed by atoms with E-state index in [1.54, 1.807) is 0 Å². The van der Waals surface area contributed by atoms with Crippen LogP contribution in [0.3, 0.4) is 0 Å². The van der Waals surface area contributed by atoms with E-state index in [0.717, 1.165) is 0 Å². The van der Waals surface area contributed by atoms with Crippen molar-refractivity contribution in [2.45, 2.75) is 12.3 Å². The molecule has 4 N–H and O–H groups in total. The highest BCUT2D eigenvalue weighted by atomic mass is 79.9. The van der Waals surface area contributed by atoms with Crippen molar-refractivity contribution in [2.75, 3.05) is 0 Å². The topological polar surface area (TPSA) is 115 Å². The number of halogens is 4. The van der Waals surface area contributed by atoms with E-state index >= 15 is 0 Å². The molecule has 0 fully saturated rings. The molecule has 0 radical (unpaired) electrons. The van der Waals surface area contributed by atoms with Crippen LogP contribution in [0, 0.1) is 5.92 Å². The molecule has 1 unspecified atom stereocenters. The molecule has 0 aliphatic rings. The molecule has 0 bridgehead atoms. The lowest BCUT2D eigenvalue weighted by Crippen LogP contribution is -2.44. The van der Waals surface area contributed by atoms with Gasteiger partial charge < -0.3 is 20.4 Å². The average molecular weight is 632 g/mol. The van der Waals surface area contributed by atoms with Crippen molar-refractivity contribution in [1.82, 2.24) is 0 Å². The van der Waals surface area contributed by atoms with Crippen molar-refractivity contribution < 1.29 is 30.0 Å². The molecule has 1 atom stereocenters. The fourth-order valence-electron chi connectivity index (χ4n) is 2.94. The highest BCUT2D eigenvalue weighted by molar-refractivity contribution is 9.14. The predicted molar refractivity (Wildman–Crippen MR) is 112 cm³/mol. The van der Waals surface area contributed by atoms with Gasteiger partial charge >= 0.3 is 11.9 Å². The Bertz CT molecular complexity index is 885. The number of carbonyl (C=O) groups is 2. The van der Waals surface area contributed by atoms with E-state index in [-0.39, 0.29) is 29.4 Å². The number of carboxylic acid groups (broad SMARTS) is 2. The average Bonchev–Trinajstić information content (AvgIpc) is 2.58. The van der Waals surface area contributed by atoms with Crippen LogP contribution in [0.1, 0.15) is 18.1 Å². The van der Waals surface area contributed by atoms with E-state index in [1.165, 1.54) is 31.2 Å². The summed E-state index contributed by atoms with van der Waals surface area (Å²) in [5, 5.41) is 39.2. The maximum atomic E-state index is 11.9. The Morgan fingerprint density at radius 3 is 1.63 bits per heavy atom. The lowest BCUT2D eigenvalue weighted by Gasteiger charge is -2.36. The minimum absolute atomic E-state index is 0.0468. The van der Waals surface area contributed by atoms with E-state index in [4.69, 9.17) is 0 Å². The fourth-order valence-corrected chi connectivity index (χ4v) is 5.86. The molecule has 0 aliphatic heterocycles. The van der Waals surface area contributed by atoms with Crippen molar-refractivity contribution in [3.63, 3.8) is 0 Å². The lowest BCUT2D eigenvalue weighted by molar-refractivity contribution is -0.157. The summed E-state index contributed by atoms with van der Waals surface area (Å²) >= 11 is 13.1. The summed E-state index contributed by atoms with van der Waals surface area (Å²) in [5.74, 6) is -5.12. The second-order valence-electron chi connectivity index (χ2n) is 5.84. The lowest BCUT2D eigenvalue weighted by atomic mass is 9.67. The van der Waals surface area contributed by atoms with Gasteiger partial charge in [0.25, 0.3) is 0 Å². The summed E-state index contributed by atoms with van der Waals surface area (Å²) in [4.78, 5) is 23.9. The second kappa shape index (κ2) is 8.10. The standard InChI is InChI=1S/C17H12Br4O6/c1-17(9(15(24)25)16(26)27,6-2-4-7(22)5-3-6)8-10(18)12(20)14(23)13(21)11(8)19/h2-5,9,22-23H,1H3,(H,24,25)(H,26,27). The quantitative estimate of drug-likeness (QED) is 0.265. The smallest absolute Gasteiger partial charge is 0.319 e. The van der Waals surface area contributed by atoms with Gasteiger partial charge in [-0.25, -0.2) is 0 Å². The molecule has 0 heterocycles. The van der Waals surface area contributed by atoms with Gasteiger partial charge in [-0.15, -0.1) is 0 Å². The molecule has 2 aromatic carbocycles. The Morgan fingerprint density at radius 2 is 1.26 bits per heavy atom. The minimum atomic E-state index is -1.86. The third kappa shape index (κ3) is 3.76. The molecule has 27 heavy (non-hydrogen) atoms. The Labute approximate surface area is 187 Å². The van der Waals surface area contributed by atoms with E-state index in [9.17, 15) is 30.0 Å².